The van der Waals surface area contributed by atoms with E-state index in [1.54, 1.807) is 32.3 Å². The Bertz CT molecular complexity index is 880. The quantitative estimate of drug-likeness (QED) is 0.734. The van der Waals surface area contributed by atoms with E-state index in [9.17, 15) is 8.42 Å². The largest absolute Gasteiger partial charge is 0.281 e. The van der Waals surface area contributed by atoms with Crippen LogP contribution in [0.4, 0.5) is 5.82 Å². The summed E-state index contributed by atoms with van der Waals surface area (Å²) in [6.45, 7) is 3.26. The zero-order chi connectivity index (χ0) is 15.7. The zero-order valence-corrected chi connectivity index (χ0v) is 12.7. The molecule has 0 aliphatic rings. The third kappa shape index (κ3) is 2.55. The van der Waals surface area contributed by atoms with Crippen molar-refractivity contribution in [2.24, 2.45) is 0 Å². The van der Waals surface area contributed by atoms with Crippen LogP contribution in [-0.2, 0) is 10.0 Å². The normalized spacial score (nSPS) is 11.5. The lowest BCUT2D eigenvalue weighted by molar-refractivity contribution is 0.600. The molecule has 0 saturated heterocycles. The third-order valence-corrected chi connectivity index (χ3v) is 4.58. The average Bonchev–Trinajstić information content (AvgIpc) is 3.09. The van der Waals surface area contributed by atoms with Crippen molar-refractivity contribution in [3.8, 4) is 5.82 Å². The Morgan fingerprint density at radius 3 is 2.73 bits per heavy atom. The van der Waals surface area contributed by atoms with Crippen molar-refractivity contribution in [2.45, 2.75) is 18.7 Å². The molecule has 22 heavy (non-hydrogen) atoms. The molecule has 0 aliphatic carbocycles. The lowest BCUT2D eigenvalue weighted by Crippen LogP contribution is -2.16. The topological polar surface area (TPSA) is 118 Å². The number of hydrogen-bond donors (Lipinski definition) is 2. The molecule has 9 nitrogen and oxygen atoms in total. The predicted molar refractivity (Wildman–Crippen MR) is 78.0 cm³/mol. The average molecular weight is 319 g/mol. The highest BCUT2D eigenvalue weighted by Gasteiger charge is 2.23. The summed E-state index contributed by atoms with van der Waals surface area (Å²) in [5, 5.41) is 10.6. The summed E-state index contributed by atoms with van der Waals surface area (Å²) in [5.74, 6) is 0.610. The molecule has 3 rings (SSSR count). The van der Waals surface area contributed by atoms with Gasteiger partial charge in [-0.15, -0.1) is 0 Å². The Morgan fingerprint density at radius 1 is 1.27 bits per heavy atom. The lowest BCUT2D eigenvalue weighted by Gasteiger charge is -2.08. The minimum absolute atomic E-state index is 0.117. The molecule has 3 aromatic rings. The van der Waals surface area contributed by atoms with Gasteiger partial charge in [-0.1, -0.05) is 0 Å². The molecule has 0 radical (unpaired) electrons. The Labute approximate surface area is 126 Å². The van der Waals surface area contributed by atoms with Gasteiger partial charge in [-0.25, -0.2) is 23.1 Å². The minimum atomic E-state index is -3.78. The van der Waals surface area contributed by atoms with E-state index >= 15 is 0 Å². The number of aromatic amines is 1. The monoisotopic (exact) mass is 319 g/mol. The number of sulfonamides is 1. The molecule has 10 heteroatoms. The summed E-state index contributed by atoms with van der Waals surface area (Å²) in [7, 11) is -3.78. The van der Waals surface area contributed by atoms with Gasteiger partial charge in [0.25, 0.3) is 10.0 Å². The Balaban J connectivity index is 1.95. The van der Waals surface area contributed by atoms with Crippen molar-refractivity contribution < 1.29 is 8.42 Å². The molecule has 2 N–H and O–H groups in total. The molecular formula is C12H13N7O2S. The second-order valence-corrected chi connectivity index (χ2v) is 6.20. The van der Waals surface area contributed by atoms with E-state index in [-0.39, 0.29) is 10.7 Å². The molecule has 114 valence electrons. The lowest BCUT2D eigenvalue weighted by atomic mass is 10.4. The van der Waals surface area contributed by atoms with Gasteiger partial charge >= 0.3 is 0 Å². The number of nitrogens with zero attached hydrogens (tertiary/aromatic N) is 5. The molecule has 0 fully saturated rings. The van der Waals surface area contributed by atoms with Crippen molar-refractivity contribution in [2.75, 3.05) is 4.72 Å². The fourth-order valence-electron chi connectivity index (χ4n) is 2.06. The molecule has 0 saturated carbocycles. The maximum Gasteiger partial charge on any atom is 0.266 e. The van der Waals surface area contributed by atoms with E-state index in [0.29, 0.717) is 17.2 Å². The molecule has 0 atom stereocenters. The molecule has 0 amide bonds. The van der Waals surface area contributed by atoms with Crippen LogP contribution in [0.2, 0.25) is 0 Å². The maximum absolute atomic E-state index is 12.4. The number of rotatable bonds is 4. The fourth-order valence-corrected chi connectivity index (χ4v) is 3.43. The SMILES string of the molecule is Cc1n[nH]c(C)c1S(=O)(=O)Nc1cc(-n2cccn2)ncn1. The minimum Gasteiger partial charge on any atom is -0.281 e. The van der Waals surface area contributed by atoms with Gasteiger partial charge in [0.15, 0.2) is 5.82 Å². The van der Waals surface area contributed by atoms with E-state index in [4.69, 9.17) is 0 Å². The maximum atomic E-state index is 12.4. The smallest absolute Gasteiger partial charge is 0.266 e. The van der Waals surface area contributed by atoms with Crippen LogP contribution in [0, 0.1) is 13.8 Å². The molecule has 3 heterocycles. The first-order valence-electron chi connectivity index (χ1n) is 6.34. The van der Waals surface area contributed by atoms with Gasteiger partial charge in [0, 0.05) is 18.5 Å². The summed E-state index contributed by atoms with van der Waals surface area (Å²) >= 11 is 0. The van der Waals surface area contributed by atoms with Gasteiger partial charge in [-0.05, 0) is 19.9 Å². The second kappa shape index (κ2) is 5.22. The van der Waals surface area contributed by atoms with Crippen molar-refractivity contribution in [1.29, 1.82) is 0 Å². The summed E-state index contributed by atoms with van der Waals surface area (Å²) in [4.78, 5) is 8.09. The van der Waals surface area contributed by atoms with Crippen molar-refractivity contribution in [1.82, 2.24) is 29.9 Å². The first kappa shape index (κ1) is 14.2. The summed E-state index contributed by atoms with van der Waals surface area (Å²) in [6, 6.07) is 3.24. The van der Waals surface area contributed by atoms with E-state index < -0.39 is 10.0 Å². The van der Waals surface area contributed by atoms with Crippen LogP contribution in [-0.4, -0.2) is 38.4 Å². The standard InChI is InChI=1S/C12H13N7O2S/c1-8-12(9(2)17-16-8)22(20,21)18-10-6-11(14-7-13-10)19-5-3-4-15-19/h3-7H,1-2H3,(H,16,17)(H,13,14,18). The van der Waals surface area contributed by atoms with E-state index in [1.165, 1.54) is 17.1 Å². The number of aryl methyl sites for hydroxylation is 2. The van der Waals surface area contributed by atoms with Crippen molar-refractivity contribution >= 4 is 15.8 Å². The number of nitrogens with one attached hydrogen (secondary N) is 2. The first-order valence-corrected chi connectivity index (χ1v) is 7.82. The van der Waals surface area contributed by atoms with Crippen LogP contribution in [0.15, 0.2) is 35.7 Å². The number of H-pyrrole nitrogens is 1. The predicted octanol–water partition coefficient (Wildman–Crippen LogP) is 0.803. The van der Waals surface area contributed by atoms with E-state index in [1.807, 2.05) is 0 Å². The second-order valence-electron chi connectivity index (χ2n) is 4.58. The molecule has 0 spiro atoms. The highest BCUT2D eigenvalue weighted by molar-refractivity contribution is 7.92. The van der Waals surface area contributed by atoms with Crippen LogP contribution in [0.5, 0.6) is 0 Å². The van der Waals surface area contributed by atoms with Crippen LogP contribution in [0.25, 0.3) is 5.82 Å². The highest BCUT2D eigenvalue weighted by Crippen LogP contribution is 2.20. The van der Waals surface area contributed by atoms with Gasteiger partial charge in [0.1, 0.15) is 17.0 Å². The van der Waals surface area contributed by atoms with E-state index in [2.05, 4.69) is 30.0 Å². The molecule has 0 bridgehead atoms. The summed E-state index contributed by atoms with van der Waals surface area (Å²) < 4.78 is 28.8. The van der Waals surface area contributed by atoms with Gasteiger partial charge in [0.2, 0.25) is 0 Å². The third-order valence-electron chi connectivity index (χ3n) is 2.96. The summed E-state index contributed by atoms with van der Waals surface area (Å²) in [6.07, 6.45) is 4.57. The van der Waals surface area contributed by atoms with Crippen LogP contribution >= 0.6 is 0 Å². The zero-order valence-electron chi connectivity index (χ0n) is 11.8. The Kier molecular flexibility index (Phi) is 3.37. The summed E-state index contributed by atoms with van der Waals surface area (Å²) in [5.41, 5.74) is 0.859. The Morgan fingerprint density at radius 2 is 2.09 bits per heavy atom. The molecule has 0 aromatic carbocycles. The molecule has 0 aliphatic heterocycles. The molecular weight excluding hydrogens is 306 g/mol. The highest BCUT2D eigenvalue weighted by atomic mass is 32.2. The van der Waals surface area contributed by atoms with Gasteiger partial charge in [-0.3, -0.25) is 9.82 Å². The number of hydrogen-bond acceptors (Lipinski definition) is 6. The van der Waals surface area contributed by atoms with Crippen LogP contribution in [0.1, 0.15) is 11.4 Å². The first-order chi connectivity index (χ1) is 10.5. The number of anilines is 1. The Hall–Kier alpha value is -2.75. The fraction of sp³-hybridized carbons (Fsp3) is 0.167. The van der Waals surface area contributed by atoms with Crippen LogP contribution < -0.4 is 4.72 Å². The van der Waals surface area contributed by atoms with Crippen LogP contribution in [0.3, 0.4) is 0 Å². The van der Waals surface area contributed by atoms with Gasteiger partial charge in [0.05, 0.1) is 11.4 Å². The molecule has 0 unspecified atom stereocenters. The number of aromatic nitrogens is 6. The van der Waals surface area contributed by atoms with Gasteiger partial charge < -0.3 is 0 Å². The van der Waals surface area contributed by atoms with Crippen molar-refractivity contribution in [3.05, 3.63) is 42.2 Å². The van der Waals surface area contributed by atoms with E-state index in [0.717, 1.165) is 0 Å². The van der Waals surface area contributed by atoms with Crippen molar-refractivity contribution in [3.63, 3.8) is 0 Å². The van der Waals surface area contributed by atoms with Gasteiger partial charge in [-0.2, -0.15) is 10.2 Å². The molecule has 3 aromatic heterocycles.